The monoisotopic (exact) mass is 698 g/mol. The van der Waals surface area contributed by atoms with Gasteiger partial charge in [-0.05, 0) is 62.3 Å². The highest BCUT2D eigenvalue weighted by Gasteiger charge is 2.56. The summed E-state index contributed by atoms with van der Waals surface area (Å²) in [6.45, 7) is 1.91. The van der Waals surface area contributed by atoms with E-state index in [4.69, 9.17) is 25.8 Å². The van der Waals surface area contributed by atoms with Gasteiger partial charge in [0.05, 0.1) is 40.5 Å². The van der Waals surface area contributed by atoms with E-state index in [1.165, 1.54) is 6.07 Å². The Hall–Kier alpha value is -3.39. The Kier molecular flexibility index (Phi) is 10.7. The molecule has 3 fully saturated rings. The quantitative estimate of drug-likeness (QED) is 0.266. The van der Waals surface area contributed by atoms with Crippen LogP contribution in [0.4, 0.5) is 10.1 Å². The zero-order valence-electron chi connectivity index (χ0n) is 28.1. The number of amides is 1. The molecule has 264 valence electrons. The minimum absolute atomic E-state index is 0.0747. The number of benzene rings is 2. The van der Waals surface area contributed by atoms with Crippen LogP contribution in [0.1, 0.15) is 54.4 Å². The summed E-state index contributed by atoms with van der Waals surface area (Å²) in [6.07, 6.45) is 3.98. The number of carbonyl (C=O) groups is 3. The standard InChI is InChI=1S/C36H44ClFN4O7/c1-40-19-26(25-8-4-5-9-30(25)40)34(44)39-29-18-28(38)23(16-27(29)37)17-33(43)36(41-14-6-7-15-41,42-20-31(47-2)32(21-42)48-3)49-24-12-10-22(11-13-24)35(45)46/h4-5,8-9,16,18-19,22,24,31-32H,6-7,10-15,17,20-21H2,1-3H3,(H,39,44)(H,45,46)/t22-,24-,31-,32+,36?. The number of likely N-dealkylation sites (tertiary alicyclic amines) is 2. The van der Waals surface area contributed by atoms with Crippen LogP contribution in [0.25, 0.3) is 10.9 Å². The van der Waals surface area contributed by atoms with Gasteiger partial charge in [-0.25, -0.2) is 4.39 Å². The molecule has 2 N–H and O–H groups in total. The van der Waals surface area contributed by atoms with Crippen LogP contribution in [-0.2, 0) is 37.3 Å². The zero-order valence-corrected chi connectivity index (χ0v) is 28.9. The number of hydrogen-bond acceptors (Lipinski definition) is 8. The molecule has 49 heavy (non-hydrogen) atoms. The van der Waals surface area contributed by atoms with Crippen LogP contribution in [0.15, 0.2) is 42.6 Å². The molecule has 1 unspecified atom stereocenters. The molecule has 6 rings (SSSR count). The van der Waals surface area contributed by atoms with E-state index in [0.29, 0.717) is 57.4 Å². The number of carboxylic acid groups (broad SMARTS) is 1. The van der Waals surface area contributed by atoms with Crippen molar-refractivity contribution in [1.82, 2.24) is 14.4 Å². The number of aryl methyl sites for hydroxylation is 1. The number of rotatable bonds is 12. The van der Waals surface area contributed by atoms with Crippen LogP contribution in [0.3, 0.4) is 0 Å². The molecule has 2 aromatic carbocycles. The van der Waals surface area contributed by atoms with Crippen LogP contribution in [0.5, 0.6) is 0 Å². The lowest BCUT2D eigenvalue weighted by atomic mass is 9.87. The Morgan fingerprint density at radius 3 is 2.29 bits per heavy atom. The Morgan fingerprint density at radius 1 is 1.00 bits per heavy atom. The number of hydrogen-bond donors (Lipinski definition) is 2. The molecular weight excluding hydrogens is 655 g/mol. The molecule has 13 heteroatoms. The molecular formula is C36H44ClFN4O7. The predicted molar refractivity (Wildman–Crippen MR) is 182 cm³/mol. The van der Waals surface area contributed by atoms with Gasteiger partial charge in [-0.1, -0.05) is 29.8 Å². The van der Waals surface area contributed by atoms with E-state index in [2.05, 4.69) is 5.32 Å². The van der Waals surface area contributed by atoms with Gasteiger partial charge in [-0.2, -0.15) is 0 Å². The number of Topliss-reactive ketones (excluding diaryl/α,β-unsaturated/α-hetero) is 1. The Bertz CT molecular complexity index is 1690. The van der Waals surface area contributed by atoms with Crippen LogP contribution in [-0.4, -0.2) is 102 Å². The van der Waals surface area contributed by atoms with Crippen LogP contribution in [0, 0.1) is 11.7 Å². The third kappa shape index (κ3) is 6.99. The second-order valence-corrected chi connectivity index (χ2v) is 13.7. The number of halogens is 2. The lowest BCUT2D eigenvalue weighted by Crippen LogP contribution is -2.67. The fourth-order valence-corrected chi connectivity index (χ4v) is 7.95. The number of ether oxygens (including phenoxy) is 3. The topological polar surface area (TPSA) is 123 Å². The first-order valence-corrected chi connectivity index (χ1v) is 17.3. The highest BCUT2D eigenvalue weighted by Crippen LogP contribution is 2.39. The number of carbonyl (C=O) groups excluding carboxylic acids is 2. The van der Waals surface area contributed by atoms with Crippen molar-refractivity contribution in [1.29, 1.82) is 0 Å². The Labute approximate surface area is 290 Å². The minimum Gasteiger partial charge on any atom is -0.481 e. The largest absolute Gasteiger partial charge is 0.481 e. The molecule has 1 saturated carbocycles. The van der Waals surface area contributed by atoms with Crippen molar-refractivity contribution in [3.8, 4) is 0 Å². The summed E-state index contributed by atoms with van der Waals surface area (Å²) < 4.78 is 36.2. The maximum Gasteiger partial charge on any atom is 0.306 e. The van der Waals surface area contributed by atoms with Crippen molar-refractivity contribution in [2.24, 2.45) is 13.0 Å². The van der Waals surface area contributed by atoms with E-state index in [0.717, 1.165) is 29.8 Å². The summed E-state index contributed by atoms with van der Waals surface area (Å²) in [7, 11) is 5.05. The average molecular weight is 699 g/mol. The van der Waals surface area contributed by atoms with E-state index in [1.54, 1.807) is 20.4 Å². The molecule has 11 nitrogen and oxygen atoms in total. The molecule has 1 amide bonds. The summed E-state index contributed by atoms with van der Waals surface area (Å²) in [4.78, 5) is 43.8. The number of anilines is 1. The second-order valence-electron chi connectivity index (χ2n) is 13.3. The van der Waals surface area contributed by atoms with E-state index >= 15 is 4.39 Å². The first-order chi connectivity index (χ1) is 23.5. The molecule has 3 heterocycles. The molecule has 0 spiro atoms. The van der Waals surface area contributed by atoms with Crippen molar-refractivity contribution >= 4 is 45.9 Å². The highest BCUT2D eigenvalue weighted by molar-refractivity contribution is 6.34. The average Bonchev–Trinajstić information content (AvgIpc) is 3.86. The second kappa shape index (κ2) is 14.8. The molecule has 2 aliphatic heterocycles. The number of methoxy groups -OCH3 is 2. The first-order valence-electron chi connectivity index (χ1n) is 16.9. The van der Waals surface area contributed by atoms with E-state index in [1.807, 2.05) is 45.7 Å². The normalized spacial score (nSPS) is 24.7. The highest BCUT2D eigenvalue weighted by atomic mass is 35.5. The SMILES string of the molecule is CO[C@H]1CN(C(O[C@H]2CC[C@H](C(=O)O)CC2)(C(=O)Cc2cc(Cl)c(NC(=O)c3cn(C)c4ccccc34)cc2F)N2CCCC2)C[C@H]1OC. The van der Waals surface area contributed by atoms with Gasteiger partial charge in [0.15, 0.2) is 5.78 Å². The summed E-state index contributed by atoms with van der Waals surface area (Å²) in [5, 5.41) is 13.2. The van der Waals surface area contributed by atoms with Crippen LogP contribution >= 0.6 is 11.6 Å². The van der Waals surface area contributed by atoms with Crippen LogP contribution < -0.4 is 5.32 Å². The molecule has 3 aliphatic rings. The molecule has 0 bridgehead atoms. The maximum absolute atomic E-state index is 15.9. The fourth-order valence-electron chi connectivity index (χ4n) is 7.71. The van der Waals surface area contributed by atoms with Gasteiger partial charge in [0.1, 0.15) is 5.82 Å². The Balaban J connectivity index is 1.29. The fraction of sp³-hybridized carbons (Fsp3) is 0.528. The number of carboxylic acids is 1. The molecule has 1 aromatic heterocycles. The van der Waals surface area contributed by atoms with E-state index in [-0.39, 0.29) is 46.8 Å². The third-order valence-electron chi connectivity index (χ3n) is 10.4. The molecule has 3 aromatic rings. The van der Waals surface area contributed by atoms with Gasteiger partial charge >= 0.3 is 5.97 Å². The number of nitrogens with zero attached hydrogens (tertiary/aromatic N) is 3. The van der Waals surface area contributed by atoms with Crippen molar-refractivity contribution in [2.45, 2.75) is 69.1 Å². The molecule has 1 aliphatic carbocycles. The van der Waals surface area contributed by atoms with Gasteiger partial charge in [0.2, 0.25) is 5.85 Å². The lowest BCUT2D eigenvalue weighted by molar-refractivity contribution is -0.253. The maximum atomic E-state index is 15.9. The van der Waals surface area contributed by atoms with Crippen LogP contribution in [0.2, 0.25) is 5.02 Å². The first kappa shape index (κ1) is 35.4. The molecule has 3 atom stereocenters. The predicted octanol–water partition coefficient (Wildman–Crippen LogP) is 5.09. The van der Waals surface area contributed by atoms with Crippen molar-refractivity contribution < 1.29 is 38.1 Å². The molecule has 0 radical (unpaired) electrons. The minimum atomic E-state index is -1.55. The van der Waals surface area contributed by atoms with Gasteiger partial charge in [-0.3, -0.25) is 24.2 Å². The van der Waals surface area contributed by atoms with Gasteiger partial charge in [0, 0.05) is 71.0 Å². The lowest BCUT2D eigenvalue weighted by Gasteiger charge is -2.48. The number of ketones is 1. The third-order valence-corrected chi connectivity index (χ3v) is 10.7. The Morgan fingerprint density at radius 2 is 1.65 bits per heavy atom. The van der Waals surface area contributed by atoms with Gasteiger partial charge < -0.3 is 29.2 Å². The van der Waals surface area contributed by atoms with Crippen molar-refractivity contribution in [2.75, 3.05) is 45.7 Å². The van der Waals surface area contributed by atoms with E-state index in [9.17, 15) is 19.5 Å². The number of aliphatic carboxylic acids is 1. The van der Waals surface area contributed by atoms with Crippen molar-refractivity contribution in [3.63, 3.8) is 0 Å². The van der Waals surface area contributed by atoms with E-state index < -0.39 is 29.5 Å². The van der Waals surface area contributed by atoms with Gasteiger partial charge in [-0.15, -0.1) is 0 Å². The number of para-hydroxylation sites is 1. The zero-order chi connectivity index (χ0) is 34.9. The van der Waals surface area contributed by atoms with Gasteiger partial charge in [0.25, 0.3) is 5.91 Å². The number of fused-ring (bicyclic) bond motifs is 1. The van der Waals surface area contributed by atoms with Crippen molar-refractivity contribution in [3.05, 3.63) is 64.6 Å². The summed E-state index contributed by atoms with van der Waals surface area (Å²) >= 11 is 6.65. The smallest absolute Gasteiger partial charge is 0.306 e. The number of aromatic nitrogens is 1. The molecule has 2 saturated heterocycles. The summed E-state index contributed by atoms with van der Waals surface area (Å²) in [5.41, 5.74) is 1.47. The summed E-state index contributed by atoms with van der Waals surface area (Å²) in [5.74, 6) is -4.31. The summed E-state index contributed by atoms with van der Waals surface area (Å²) in [6, 6.07) is 10.0. The number of nitrogens with one attached hydrogen (secondary N) is 1.